The van der Waals surface area contributed by atoms with E-state index in [2.05, 4.69) is 47.5 Å². The highest BCUT2D eigenvalue weighted by Crippen LogP contribution is 2.26. The molecule has 0 radical (unpaired) electrons. The highest BCUT2D eigenvalue weighted by molar-refractivity contribution is 5.94. The number of fused-ring (bicyclic) bond motifs is 1. The molecule has 1 amide bonds. The molecule has 1 aliphatic heterocycles. The van der Waals surface area contributed by atoms with Crippen LogP contribution >= 0.6 is 0 Å². The van der Waals surface area contributed by atoms with E-state index in [1.165, 1.54) is 86.7 Å². The Balaban J connectivity index is 1.38. The lowest BCUT2D eigenvalue weighted by Gasteiger charge is -2.22. The summed E-state index contributed by atoms with van der Waals surface area (Å²) in [6, 6.07) is 15.1. The quantitative estimate of drug-likeness (QED) is 0.658. The topological polar surface area (TPSA) is 32.3 Å². The van der Waals surface area contributed by atoms with E-state index in [-0.39, 0.29) is 11.9 Å². The Bertz CT molecular complexity index is 834. The number of nitrogens with zero attached hydrogens (tertiary/aromatic N) is 1. The number of hydrogen-bond donors (Lipinski definition) is 1. The number of benzene rings is 2. The van der Waals surface area contributed by atoms with Crippen molar-refractivity contribution >= 4 is 5.91 Å². The van der Waals surface area contributed by atoms with E-state index in [9.17, 15) is 4.79 Å². The van der Waals surface area contributed by atoms with Crippen molar-refractivity contribution in [3.8, 4) is 0 Å². The van der Waals surface area contributed by atoms with Gasteiger partial charge in [0.25, 0.3) is 5.91 Å². The van der Waals surface area contributed by atoms with Gasteiger partial charge in [0.2, 0.25) is 0 Å². The molecule has 3 heteroatoms. The van der Waals surface area contributed by atoms with Gasteiger partial charge in [-0.2, -0.15) is 0 Å². The van der Waals surface area contributed by atoms with Crippen LogP contribution in [0.4, 0.5) is 0 Å². The molecule has 0 spiro atoms. The summed E-state index contributed by atoms with van der Waals surface area (Å²) in [4.78, 5) is 15.4. The van der Waals surface area contributed by atoms with Gasteiger partial charge in [-0.15, -0.1) is 0 Å². The smallest absolute Gasteiger partial charge is 0.251 e. The highest BCUT2D eigenvalue weighted by atomic mass is 16.1. The maximum atomic E-state index is 12.9. The van der Waals surface area contributed by atoms with Crippen molar-refractivity contribution in [3.05, 3.63) is 70.3 Å². The monoisotopic (exact) mass is 404 g/mol. The summed E-state index contributed by atoms with van der Waals surface area (Å²) in [6.07, 6.45) is 11.2. The molecule has 30 heavy (non-hydrogen) atoms. The fraction of sp³-hybridized carbons (Fsp3) is 0.519. The number of aryl methyl sites for hydroxylation is 2. The molecule has 1 N–H and O–H groups in total. The summed E-state index contributed by atoms with van der Waals surface area (Å²) in [5.74, 6) is 0.0286. The van der Waals surface area contributed by atoms with Crippen LogP contribution in [0, 0.1) is 0 Å². The van der Waals surface area contributed by atoms with Gasteiger partial charge in [0.15, 0.2) is 0 Å². The maximum Gasteiger partial charge on any atom is 0.251 e. The largest absolute Gasteiger partial charge is 0.345 e. The number of carbonyl (C=O) groups excluding carboxylic acids is 1. The lowest BCUT2D eigenvalue weighted by Crippen LogP contribution is -2.28. The maximum absolute atomic E-state index is 12.9. The van der Waals surface area contributed by atoms with Crippen molar-refractivity contribution in [1.82, 2.24) is 10.2 Å². The average molecular weight is 405 g/mol. The predicted octanol–water partition coefficient (Wildman–Crippen LogP) is 5.82. The molecule has 1 fully saturated rings. The molecule has 0 saturated carbocycles. The fourth-order valence-electron chi connectivity index (χ4n) is 4.95. The van der Waals surface area contributed by atoms with Crippen molar-refractivity contribution < 1.29 is 4.79 Å². The Labute approximate surface area is 181 Å². The molecule has 4 rings (SSSR count). The Kier molecular flexibility index (Phi) is 7.22. The summed E-state index contributed by atoms with van der Waals surface area (Å²) in [5, 5.41) is 3.27. The lowest BCUT2D eigenvalue weighted by molar-refractivity contribution is 0.0935. The molecule has 1 atom stereocenters. The second-order valence-corrected chi connectivity index (χ2v) is 9.06. The molecule has 1 heterocycles. The average Bonchev–Trinajstić information content (AvgIpc) is 3.06. The minimum atomic E-state index is 0.0286. The summed E-state index contributed by atoms with van der Waals surface area (Å²) in [7, 11) is 0. The van der Waals surface area contributed by atoms with Crippen LogP contribution in [-0.2, 0) is 19.4 Å². The van der Waals surface area contributed by atoms with E-state index in [1.54, 1.807) is 0 Å². The predicted molar refractivity (Wildman–Crippen MR) is 124 cm³/mol. The van der Waals surface area contributed by atoms with Crippen LogP contribution < -0.4 is 5.32 Å². The van der Waals surface area contributed by atoms with Gasteiger partial charge in [-0.1, -0.05) is 50.1 Å². The Morgan fingerprint density at radius 1 is 0.900 bits per heavy atom. The van der Waals surface area contributed by atoms with Crippen molar-refractivity contribution in [1.29, 1.82) is 0 Å². The first kappa shape index (κ1) is 21.1. The van der Waals surface area contributed by atoms with Crippen molar-refractivity contribution in [3.63, 3.8) is 0 Å². The SMILES string of the molecule is CC[C@H](NC(=O)c1ccc(CN2CCCCCC2)cc1)c1ccc2c(c1)CCCC2. The molecule has 0 unspecified atom stereocenters. The van der Waals surface area contributed by atoms with Gasteiger partial charge < -0.3 is 5.32 Å². The highest BCUT2D eigenvalue weighted by Gasteiger charge is 2.17. The Hall–Kier alpha value is -2.13. The van der Waals surface area contributed by atoms with Gasteiger partial charge in [-0.25, -0.2) is 0 Å². The number of amides is 1. The van der Waals surface area contributed by atoms with E-state index >= 15 is 0 Å². The third-order valence-electron chi connectivity index (χ3n) is 6.81. The summed E-state index contributed by atoms with van der Waals surface area (Å²) < 4.78 is 0. The fourth-order valence-corrected chi connectivity index (χ4v) is 4.95. The number of likely N-dealkylation sites (tertiary alicyclic amines) is 1. The van der Waals surface area contributed by atoms with Crippen LogP contribution in [0.25, 0.3) is 0 Å². The zero-order valence-electron chi connectivity index (χ0n) is 18.5. The van der Waals surface area contributed by atoms with E-state index in [4.69, 9.17) is 0 Å². The standard InChI is InChI=1S/C27H36N2O/c1-2-26(25-16-15-22-9-5-6-10-24(22)19-25)28-27(30)23-13-11-21(12-14-23)20-29-17-7-3-4-8-18-29/h11-16,19,26H,2-10,17-18,20H2,1H3,(H,28,30)/t26-/m0/s1. The van der Waals surface area contributed by atoms with E-state index in [0.717, 1.165) is 18.5 Å². The summed E-state index contributed by atoms with van der Waals surface area (Å²) in [6.45, 7) is 5.53. The van der Waals surface area contributed by atoms with Crippen LogP contribution in [0.2, 0.25) is 0 Å². The third kappa shape index (κ3) is 5.31. The van der Waals surface area contributed by atoms with E-state index in [0.29, 0.717) is 0 Å². The third-order valence-corrected chi connectivity index (χ3v) is 6.81. The molecule has 0 aromatic heterocycles. The van der Waals surface area contributed by atoms with Gasteiger partial charge in [-0.3, -0.25) is 9.69 Å². The van der Waals surface area contributed by atoms with Crippen molar-refractivity contribution in [2.45, 2.75) is 77.3 Å². The molecule has 1 aliphatic carbocycles. The number of hydrogen-bond acceptors (Lipinski definition) is 2. The van der Waals surface area contributed by atoms with Gasteiger partial charge in [0, 0.05) is 12.1 Å². The molecule has 2 aromatic carbocycles. The minimum Gasteiger partial charge on any atom is -0.345 e. The molecule has 2 aromatic rings. The molecule has 1 saturated heterocycles. The molecular weight excluding hydrogens is 368 g/mol. The van der Waals surface area contributed by atoms with Crippen molar-refractivity contribution in [2.75, 3.05) is 13.1 Å². The lowest BCUT2D eigenvalue weighted by atomic mass is 9.88. The zero-order valence-corrected chi connectivity index (χ0v) is 18.5. The van der Waals surface area contributed by atoms with Gasteiger partial charge in [0.1, 0.15) is 0 Å². The van der Waals surface area contributed by atoms with Gasteiger partial charge in [-0.05, 0) is 92.4 Å². The second-order valence-electron chi connectivity index (χ2n) is 9.06. The van der Waals surface area contributed by atoms with Crippen LogP contribution in [0.3, 0.4) is 0 Å². The van der Waals surface area contributed by atoms with Crippen LogP contribution in [0.15, 0.2) is 42.5 Å². The van der Waals surface area contributed by atoms with Crippen LogP contribution in [0.1, 0.15) is 90.5 Å². The summed E-state index contributed by atoms with van der Waals surface area (Å²) in [5.41, 5.74) is 6.26. The molecule has 2 aliphatic rings. The second kappa shape index (κ2) is 10.3. The van der Waals surface area contributed by atoms with Gasteiger partial charge >= 0.3 is 0 Å². The van der Waals surface area contributed by atoms with Crippen molar-refractivity contribution in [2.24, 2.45) is 0 Å². The summed E-state index contributed by atoms with van der Waals surface area (Å²) >= 11 is 0. The number of carbonyl (C=O) groups is 1. The number of rotatable bonds is 6. The first-order valence-corrected chi connectivity index (χ1v) is 12.0. The van der Waals surface area contributed by atoms with Crippen LogP contribution in [-0.4, -0.2) is 23.9 Å². The first-order valence-electron chi connectivity index (χ1n) is 12.0. The van der Waals surface area contributed by atoms with E-state index in [1.807, 2.05) is 12.1 Å². The van der Waals surface area contributed by atoms with E-state index < -0.39 is 0 Å². The Morgan fingerprint density at radius 3 is 2.30 bits per heavy atom. The molecule has 0 bridgehead atoms. The Morgan fingerprint density at radius 2 is 1.60 bits per heavy atom. The zero-order chi connectivity index (χ0) is 20.8. The molecule has 3 nitrogen and oxygen atoms in total. The molecule has 160 valence electrons. The first-order chi connectivity index (χ1) is 14.7. The van der Waals surface area contributed by atoms with Crippen LogP contribution in [0.5, 0.6) is 0 Å². The normalized spacial score (nSPS) is 18.3. The van der Waals surface area contributed by atoms with Gasteiger partial charge in [0.05, 0.1) is 6.04 Å². The molecular formula is C27H36N2O. The number of nitrogens with one attached hydrogen (secondary N) is 1. The minimum absolute atomic E-state index is 0.0286.